The molecule has 0 atom stereocenters. The highest BCUT2D eigenvalue weighted by molar-refractivity contribution is 6.30. The normalized spacial score (nSPS) is 17.5. The van der Waals surface area contributed by atoms with Crippen molar-refractivity contribution in [3.8, 4) is 0 Å². The lowest BCUT2D eigenvalue weighted by Crippen LogP contribution is -2.45. The molecule has 1 heterocycles. The Kier molecular flexibility index (Phi) is 5.87. The Hall–Kier alpha value is -1.06. The van der Waals surface area contributed by atoms with Gasteiger partial charge in [0.25, 0.3) is 0 Å². The second-order valence-electron chi connectivity index (χ2n) is 7.48. The summed E-state index contributed by atoms with van der Waals surface area (Å²) in [6.45, 7) is 9.32. The molecule has 1 saturated heterocycles. The van der Waals surface area contributed by atoms with Gasteiger partial charge in [0.1, 0.15) is 0 Å². The Labute approximate surface area is 139 Å². The second kappa shape index (κ2) is 7.47. The molecule has 1 aliphatic rings. The number of hydrogen-bond acceptors (Lipinski definition) is 2. The molecule has 0 radical (unpaired) electrons. The van der Waals surface area contributed by atoms with E-state index in [1.54, 1.807) is 0 Å². The van der Waals surface area contributed by atoms with Gasteiger partial charge in [-0.1, -0.05) is 44.5 Å². The lowest BCUT2D eigenvalue weighted by atomic mass is 9.91. The van der Waals surface area contributed by atoms with E-state index in [0.29, 0.717) is 12.5 Å². The summed E-state index contributed by atoms with van der Waals surface area (Å²) >= 11 is 5.91. The van der Waals surface area contributed by atoms with Crippen LogP contribution in [0.4, 0.5) is 0 Å². The van der Waals surface area contributed by atoms with Gasteiger partial charge >= 0.3 is 0 Å². The molecule has 0 aliphatic carbocycles. The smallest absolute Gasteiger partial charge is 0.220 e. The van der Waals surface area contributed by atoms with Gasteiger partial charge in [0, 0.05) is 37.1 Å². The Morgan fingerprint density at radius 2 is 1.82 bits per heavy atom. The standard InChI is InChI=1S/C18H27ClN2O/c1-18(2,3)12-17(22)20-16-8-10-21(11-9-16)13-14-4-6-15(19)7-5-14/h4-7,16H,8-13H2,1-3H3,(H,20,22). The number of rotatable bonds is 4. The van der Waals surface area contributed by atoms with Crippen LogP contribution in [0.1, 0.15) is 45.6 Å². The van der Waals surface area contributed by atoms with E-state index in [2.05, 4.69) is 43.1 Å². The van der Waals surface area contributed by atoms with Crippen molar-refractivity contribution in [2.75, 3.05) is 13.1 Å². The SMILES string of the molecule is CC(C)(C)CC(=O)NC1CCN(Cc2ccc(Cl)cc2)CC1. The number of carbonyl (C=O) groups excluding carboxylic acids is 1. The van der Waals surface area contributed by atoms with Crippen LogP contribution in [0.15, 0.2) is 24.3 Å². The quantitative estimate of drug-likeness (QED) is 0.913. The van der Waals surface area contributed by atoms with Gasteiger partial charge in [-0.2, -0.15) is 0 Å². The molecule has 0 bridgehead atoms. The highest BCUT2D eigenvalue weighted by atomic mass is 35.5. The maximum atomic E-state index is 12.0. The van der Waals surface area contributed by atoms with Gasteiger partial charge in [-0.05, 0) is 36.0 Å². The first kappa shape index (κ1) is 17.3. The fourth-order valence-electron chi connectivity index (χ4n) is 2.84. The van der Waals surface area contributed by atoms with Crippen molar-refractivity contribution in [1.29, 1.82) is 0 Å². The second-order valence-corrected chi connectivity index (χ2v) is 7.92. The lowest BCUT2D eigenvalue weighted by Gasteiger charge is -2.33. The fraction of sp³-hybridized carbons (Fsp3) is 0.611. The van der Waals surface area contributed by atoms with Crippen LogP contribution in [0, 0.1) is 5.41 Å². The minimum absolute atomic E-state index is 0.0549. The van der Waals surface area contributed by atoms with Crippen LogP contribution in [0.5, 0.6) is 0 Å². The van der Waals surface area contributed by atoms with Gasteiger partial charge in [0.2, 0.25) is 5.91 Å². The Balaban J connectivity index is 1.73. The van der Waals surface area contributed by atoms with Crippen LogP contribution < -0.4 is 5.32 Å². The molecule has 1 N–H and O–H groups in total. The number of halogens is 1. The van der Waals surface area contributed by atoms with Gasteiger partial charge in [0.05, 0.1) is 0 Å². The van der Waals surface area contributed by atoms with Gasteiger partial charge in [-0.15, -0.1) is 0 Å². The number of likely N-dealkylation sites (tertiary alicyclic amines) is 1. The lowest BCUT2D eigenvalue weighted by molar-refractivity contribution is -0.123. The first-order chi connectivity index (χ1) is 10.3. The third-order valence-electron chi connectivity index (χ3n) is 3.96. The van der Waals surface area contributed by atoms with Crippen molar-refractivity contribution in [1.82, 2.24) is 10.2 Å². The third kappa shape index (κ3) is 5.98. The molecule has 1 amide bonds. The average molecular weight is 323 g/mol. The predicted molar refractivity (Wildman–Crippen MR) is 92.0 cm³/mol. The minimum Gasteiger partial charge on any atom is -0.353 e. The first-order valence-corrected chi connectivity index (χ1v) is 8.46. The molecule has 0 saturated carbocycles. The fourth-order valence-corrected chi connectivity index (χ4v) is 2.97. The molecule has 0 unspecified atom stereocenters. The highest BCUT2D eigenvalue weighted by Gasteiger charge is 2.22. The van der Waals surface area contributed by atoms with E-state index >= 15 is 0 Å². The topological polar surface area (TPSA) is 32.3 Å². The summed E-state index contributed by atoms with van der Waals surface area (Å²) in [5.74, 6) is 0.184. The zero-order chi connectivity index (χ0) is 16.2. The van der Waals surface area contributed by atoms with Crippen LogP contribution in [0.2, 0.25) is 5.02 Å². The molecule has 2 rings (SSSR count). The first-order valence-electron chi connectivity index (χ1n) is 8.08. The summed E-state index contributed by atoms with van der Waals surface area (Å²) < 4.78 is 0. The van der Waals surface area contributed by atoms with Crippen LogP contribution in [0.3, 0.4) is 0 Å². The number of amides is 1. The van der Waals surface area contributed by atoms with E-state index in [-0.39, 0.29) is 11.3 Å². The number of hydrogen-bond donors (Lipinski definition) is 1. The molecule has 1 aromatic carbocycles. The van der Waals surface area contributed by atoms with Crippen molar-refractivity contribution < 1.29 is 4.79 Å². The highest BCUT2D eigenvalue weighted by Crippen LogP contribution is 2.19. The van der Waals surface area contributed by atoms with E-state index in [1.165, 1.54) is 5.56 Å². The molecule has 4 heteroatoms. The molecule has 0 spiro atoms. The van der Waals surface area contributed by atoms with Crippen LogP contribution in [-0.4, -0.2) is 29.9 Å². The largest absolute Gasteiger partial charge is 0.353 e. The van der Waals surface area contributed by atoms with Crippen LogP contribution in [-0.2, 0) is 11.3 Å². The van der Waals surface area contributed by atoms with Crippen LogP contribution in [0.25, 0.3) is 0 Å². The summed E-state index contributed by atoms with van der Waals surface area (Å²) in [7, 11) is 0. The molecular weight excluding hydrogens is 296 g/mol. The van der Waals surface area contributed by atoms with Crippen molar-refractivity contribution in [2.45, 2.75) is 52.6 Å². The van der Waals surface area contributed by atoms with Crippen molar-refractivity contribution in [2.24, 2.45) is 5.41 Å². The molecule has 0 aromatic heterocycles. The Morgan fingerprint density at radius 1 is 1.23 bits per heavy atom. The van der Waals surface area contributed by atoms with Crippen molar-refractivity contribution in [3.63, 3.8) is 0 Å². The monoisotopic (exact) mass is 322 g/mol. The average Bonchev–Trinajstić information content (AvgIpc) is 2.41. The summed E-state index contributed by atoms with van der Waals surface area (Å²) in [6, 6.07) is 8.38. The number of nitrogens with zero attached hydrogens (tertiary/aromatic N) is 1. The summed E-state index contributed by atoms with van der Waals surface area (Å²) in [5, 5.41) is 3.97. The van der Waals surface area contributed by atoms with Crippen molar-refractivity contribution in [3.05, 3.63) is 34.9 Å². The predicted octanol–water partition coefficient (Wildman–Crippen LogP) is 3.86. The van der Waals surface area contributed by atoms with Gasteiger partial charge < -0.3 is 5.32 Å². The zero-order valence-electron chi connectivity index (χ0n) is 13.9. The molecule has 1 aromatic rings. The number of nitrogens with one attached hydrogen (secondary N) is 1. The van der Waals surface area contributed by atoms with E-state index in [0.717, 1.165) is 37.5 Å². The van der Waals surface area contributed by atoms with Crippen molar-refractivity contribution >= 4 is 17.5 Å². The number of benzene rings is 1. The maximum absolute atomic E-state index is 12.0. The third-order valence-corrected chi connectivity index (χ3v) is 4.21. The zero-order valence-corrected chi connectivity index (χ0v) is 14.6. The minimum atomic E-state index is 0.0549. The molecule has 22 heavy (non-hydrogen) atoms. The number of carbonyl (C=O) groups is 1. The molecule has 1 aliphatic heterocycles. The molecule has 3 nitrogen and oxygen atoms in total. The van der Waals surface area contributed by atoms with E-state index in [9.17, 15) is 4.79 Å². The Morgan fingerprint density at radius 3 is 2.36 bits per heavy atom. The maximum Gasteiger partial charge on any atom is 0.220 e. The van der Waals surface area contributed by atoms with Gasteiger partial charge in [-0.25, -0.2) is 0 Å². The molecule has 122 valence electrons. The summed E-state index contributed by atoms with van der Waals surface area (Å²) in [6.07, 6.45) is 2.66. The number of piperidine rings is 1. The van der Waals surface area contributed by atoms with E-state index in [4.69, 9.17) is 11.6 Å². The molecular formula is C18H27ClN2O. The van der Waals surface area contributed by atoms with E-state index < -0.39 is 0 Å². The summed E-state index contributed by atoms with van der Waals surface area (Å²) in [4.78, 5) is 14.4. The van der Waals surface area contributed by atoms with Crippen LogP contribution >= 0.6 is 11.6 Å². The summed E-state index contributed by atoms with van der Waals surface area (Å²) in [5.41, 5.74) is 1.35. The van der Waals surface area contributed by atoms with Gasteiger partial charge in [0.15, 0.2) is 0 Å². The molecule has 1 fully saturated rings. The van der Waals surface area contributed by atoms with Gasteiger partial charge in [-0.3, -0.25) is 9.69 Å². The Bertz CT molecular complexity index is 485. The van der Waals surface area contributed by atoms with E-state index in [1.807, 2.05) is 12.1 Å².